The summed E-state index contributed by atoms with van der Waals surface area (Å²) in [7, 11) is 0. The van der Waals surface area contributed by atoms with Gasteiger partial charge < -0.3 is 15.5 Å². The highest BCUT2D eigenvalue weighted by atomic mass is 16.4. The second kappa shape index (κ2) is 3.13. The van der Waals surface area contributed by atoms with E-state index < -0.39 is 24.1 Å². The SMILES string of the molecule is O=C(O)C1NCC2CCC1N2C(=O)O. The summed E-state index contributed by atoms with van der Waals surface area (Å²) in [5.41, 5.74) is 0. The predicted molar refractivity (Wildman–Crippen MR) is 46.1 cm³/mol. The molecule has 6 heteroatoms. The first-order chi connectivity index (χ1) is 6.61. The number of carboxylic acids is 1. The largest absolute Gasteiger partial charge is 0.480 e. The van der Waals surface area contributed by atoms with Crippen LogP contribution in [0.3, 0.4) is 0 Å². The van der Waals surface area contributed by atoms with Gasteiger partial charge in [0, 0.05) is 12.6 Å². The highest BCUT2D eigenvalue weighted by Crippen LogP contribution is 2.29. The van der Waals surface area contributed by atoms with Crippen LogP contribution in [0.2, 0.25) is 0 Å². The number of carboxylic acid groups (broad SMARTS) is 2. The Bertz CT molecular complexity index is 281. The summed E-state index contributed by atoms with van der Waals surface area (Å²) >= 11 is 0. The van der Waals surface area contributed by atoms with Gasteiger partial charge >= 0.3 is 12.1 Å². The van der Waals surface area contributed by atoms with Gasteiger partial charge in [-0.05, 0) is 12.8 Å². The molecule has 14 heavy (non-hydrogen) atoms. The first-order valence-electron chi connectivity index (χ1n) is 4.58. The average Bonchev–Trinajstić information content (AvgIpc) is 2.40. The number of rotatable bonds is 1. The van der Waals surface area contributed by atoms with Gasteiger partial charge in [-0.3, -0.25) is 9.69 Å². The van der Waals surface area contributed by atoms with E-state index in [1.54, 1.807) is 0 Å². The summed E-state index contributed by atoms with van der Waals surface area (Å²) in [6.45, 7) is 0.444. The van der Waals surface area contributed by atoms with E-state index in [9.17, 15) is 9.59 Å². The topological polar surface area (TPSA) is 89.9 Å². The van der Waals surface area contributed by atoms with E-state index in [-0.39, 0.29) is 6.04 Å². The number of hydrogen-bond acceptors (Lipinski definition) is 3. The molecule has 3 atom stereocenters. The van der Waals surface area contributed by atoms with Gasteiger partial charge in [0.05, 0.1) is 6.04 Å². The molecule has 3 N–H and O–H groups in total. The highest BCUT2D eigenvalue weighted by Gasteiger charge is 2.47. The molecular formula is C8H12N2O4. The number of aliphatic carboxylic acids is 1. The number of hydrogen-bond donors (Lipinski definition) is 3. The molecule has 0 saturated carbocycles. The second-order valence-electron chi connectivity index (χ2n) is 3.71. The van der Waals surface area contributed by atoms with E-state index in [1.807, 2.05) is 0 Å². The molecule has 0 aromatic rings. The molecule has 0 radical (unpaired) electrons. The van der Waals surface area contributed by atoms with Crippen LogP contribution in [0, 0.1) is 0 Å². The van der Waals surface area contributed by atoms with Crippen molar-refractivity contribution in [3.63, 3.8) is 0 Å². The maximum atomic E-state index is 10.9. The van der Waals surface area contributed by atoms with Gasteiger partial charge in [-0.1, -0.05) is 0 Å². The minimum Gasteiger partial charge on any atom is -0.480 e. The van der Waals surface area contributed by atoms with E-state index in [0.717, 1.165) is 6.42 Å². The van der Waals surface area contributed by atoms with E-state index in [0.29, 0.717) is 13.0 Å². The third-order valence-electron chi connectivity index (χ3n) is 2.99. The van der Waals surface area contributed by atoms with Gasteiger partial charge in [0.1, 0.15) is 6.04 Å². The van der Waals surface area contributed by atoms with E-state index >= 15 is 0 Å². The molecule has 3 unspecified atom stereocenters. The molecule has 2 saturated heterocycles. The van der Waals surface area contributed by atoms with Gasteiger partial charge in [0.15, 0.2) is 0 Å². The fourth-order valence-corrected chi connectivity index (χ4v) is 2.39. The summed E-state index contributed by atoms with van der Waals surface area (Å²) < 4.78 is 0. The Morgan fingerprint density at radius 3 is 2.57 bits per heavy atom. The third-order valence-corrected chi connectivity index (χ3v) is 2.99. The molecule has 0 aromatic carbocycles. The molecule has 6 nitrogen and oxygen atoms in total. The molecule has 2 aliphatic heterocycles. The van der Waals surface area contributed by atoms with Crippen LogP contribution < -0.4 is 5.32 Å². The van der Waals surface area contributed by atoms with E-state index in [4.69, 9.17) is 10.2 Å². The van der Waals surface area contributed by atoms with Crippen LogP contribution in [0.1, 0.15) is 12.8 Å². The van der Waals surface area contributed by atoms with Crippen LogP contribution >= 0.6 is 0 Å². The van der Waals surface area contributed by atoms with Crippen molar-refractivity contribution < 1.29 is 19.8 Å². The maximum absolute atomic E-state index is 10.9. The van der Waals surface area contributed by atoms with Crippen LogP contribution in [0.25, 0.3) is 0 Å². The van der Waals surface area contributed by atoms with Gasteiger partial charge in [-0.15, -0.1) is 0 Å². The Morgan fingerprint density at radius 1 is 1.29 bits per heavy atom. The molecule has 2 fully saturated rings. The quantitative estimate of drug-likeness (QED) is 0.533. The Labute approximate surface area is 80.5 Å². The van der Waals surface area contributed by atoms with Crippen LogP contribution in [0.15, 0.2) is 0 Å². The highest BCUT2D eigenvalue weighted by molar-refractivity contribution is 5.77. The smallest absolute Gasteiger partial charge is 0.407 e. The van der Waals surface area contributed by atoms with Crippen molar-refractivity contribution in [3.8, 4) is 0 Å². The Morgan fingerprint density at radius 2 is 2.00 bits per heavy atom. The normalized spacial score (nSPS) is 35.7. The molecule has 0 aliphatic carbocycles. The Hall–Kier alpha value is -1.30. The number of piperazine rings is 1. The van der Waals surface area contributed by atoms with Crippen molar-refractivity contribution in [1.82, 2.24) is 10.2 Å². The van der Waals surface area contributed by atoms with Crippen LogP contribution in [-0.4, -0.2) is 51.8 Å². The summed E-state index contributed by atoms with van der Waals surface area (Å²) in [5, 5.41) is 20.7. The molecule has 2 bridgehead atoms. The van der Waals surface area contributed by atoms with Crippen LogP contribution in [0.4, 0.5) is 4.79 Å². The summed E-state index contributed by atoms with van der Waals surface area (Å²) in [4.78, 5) is 23.0. The van der Waals surface area contributed by atoms with Crippen LogP contribution in [0.5, 0.6) is 0 Å². The van der Waals surface area contributed by atoms with Crippen LogP contribution in [-0.2, 0) is 4.79 Å². The molecule has 1 amide bonds. The zero-order valence-electron chi connectivity index (χ0n) is 7.51. The molecule has 78 valence electrons. The first-order valence-corrected chi connectivity index (χ1v) is 4.58. The summed E-state index contributed by atoms with van der Waals surface area (Å²) in [5.74, 6) is -0.971. The average molecular weight is 200 g/mol. The Balaban J connectivity index is 2.21. The van der Waals surface area contributed by atoms with Gasteiger partial charge in [0.2, 0.25) is 0 Å². The standard InChI is InChI=1S/C8H12N2O4/c11-7(12)6-5-2-1-4(3-9-6)10(5)8(13)14/h4-6,9H,1-3H2,(H,11,12)(H,13,14). The van der Waals surface area contributed by atoms with Crippen molar-refractivity contribution in [1.29, 1.82) is 0 Å². The zero-order chi connectivity index (χ0) is 10.3. The summed E-state index contributed by atoms with van der Waals surface area (Å²) in [6, 6.07) is -1.19. The number of nitrogens with zero attached hydrogens (tertiary/aromatic N) is 1. The number of fused-ring (bicyclic) bond motifs is 2. The van der Waals surface area contributed by atoms with Crippen molar-refractivity contribution >= 4 is 12.1 Å². The monoisotopic (exact) mass is 200 g/mol. The Kier molecular flexibility index (Phi) is 2.07. The fraction of sp³-hybridized carbons (Fsp3) is 0.750. The molecular weight excluding hydrogens is 188 g/mol. The molecule has 2 heterocycles. The van der Waals surface area contributed by atoms with Gasteiger partial charge in [-0.2, -0.15) is 0 Å². The zero-order valence-corrected chi connectivity index (χ0v) is 7.51. The molecule has 0 spiro atoms. The van der Waals surface area contributed by atoms with Crippen molar-refractivity contribution in [2.75, 3.05) is 6.54 Å². The second-order valence-corrected chi connectivity index (χ2v) is 3.71. The lowest BCUT2D eigenvalue weighted by Gasteiger charge is -2.36. The van der Waals surface area contributed by atoms with Gasteiger partial charge in [-0.25, -0.2) is 4.79 Å². The lowest BCUT2D eigenvalue weighted by atomic mass is 10.1. The molecule has 2 aliphatic rings. The van der Waals surface area contributed by atoms with Crippen molar-refractivity contribution in [3.05, 3.63) is 0 Å². The fourth-order valence-electron chi connectivity index (χ4n) is 2.39. The third kappa shape index (κ3) is 1.22. The lowest BCUT2D eigenvalue weighted by molar-refractivity contribution is -0.141. The molecule has 2 rings (SSSR count). The number of carbonyl (C=O) groups is 2. The van der Waals surface area contributed by atoms with E-state index in [1.165, 1.54) is 4.90 Å². The number of nitrogens with one attached hydrogen (secondary N) is 1. The molecule has 0 aromatic heterocycles. The summed E-state index contributed by atoms with van der Waals surface area (Å²) in [6.07, 6.45) is 0.388. The predicted octanol–water partition coefficient (Wildman–Crippen LogP) is -0.446. The van der Waals surface area contributed by atoms with E-state index in [2.05, 4.69) is 5.32 Å². The minimum atomic E-state index is -1.01. The van der Waals surface area contributed by atoms with Gasteiger partial charge in [0.25, 0.3) is 0 Å². The lowest BCUT2D eigenvalue weighted by Crippen LogP contribution is -2.61. The minimum absolute atomic E-state index is 0.0481. The maximum Gasteiger partial charge on any atom is 0.407 e. The van der Waals surface area contributed by atoms with Crippen molar-refractivity contribution in [2.24, 2.45) is 0 Å². The van der Waals surface area contributed by atoms with Crippen molar-refractivity contribution in [2.45, 2.75) is 31.0 Å². The first kappa shape index (κ1) is 9.26. The number of amides is 1.